The highest BCUT2D eigenvalue weighted by molar-refractivity contribution is 5.94. The predicted octanol–water partition coefficient (Wildman–Crippen LogP) is 1.71. The van der Waals surface area contributed by atoms with Crippen LogP contribution in [-0.4, -0.2) is 37.1 Å². The van der Waals surface area contributed by atoms with Gasteiger partial charge in [0.1, 0.15) is 0 Å². The topological polar surface area (TPSA) is 29.5 Å². The maximum Gasteiger partial charge on any atom is 0.253 e. The van der Waals surface area contributed by atoms with Crippen molar-refractivity contribution in [3.05, 3.63) is 35.4 Å². The second kappa shape index (κ2) is 4.15. The van der Waals surface area contributed by atoms with E-state index < -0.39 is 0 Å². The summed E-state index contributed by atoms with van der Waals surface area (Å²) in [6, 6.07) is 7.82. The Bertz CT molecular complexity index is 414. The first-order valence-electron chi connectivity index (χ1n) is 6.18. The summed E-state index contributed by atoms with van der Waals surface area (Å²) < 4.78 is 5.42. The maximum atomic E-state index is 12.3. The molecule has 0 unspecified atom stereocenters. The standard InChI is InChI=1S/C14H17NO2/c1-10-2-4-11(5-3-10)14(16)15-6-12-8-17-9-13(12)7-15/h2-5,12-13H,6-9H2,1H3/t12-,13-/m0/s1. The second-order valence-corrected chi connectivity index (χ2v) is 5.13. The number of rotatable bonds is 1. The molecule has 0 radical (unpaired) electrons. The summed E-state index contributed by atoms with van der Waals surface area (Å²) in [5, 5.41) is 0. The first-order valence-corrected chi connectivity index (χ1v) is 6.18. The fourth-order valence-corrected chi connectivity index (χ4v) is 2.73. The molecule has 2 aliphatic rings. The Labute approximate surface area is 101 Å². The highest BCUT2D eigenvalue weighted by Crippen LogP contribution is 2.29. The van der Waals surface area contributed by atoms with Crippen LogP contribution in [0.4, 0.5) is 0 Å². The predicted molar refractivity (Wildman–Crippen MR) is 64.9 cm³/mol. The summed E-state index contributed by atoms with van der Waals surface area (Å²) in [5.41, 5.74) is 1.99. The molecule has 2 heterocycles. The Morgan fingerprint density at radius 1 is 1.18 bits per heavy atom. The van der Waals surface area contributed by atoms with Crippen molar-refractivity contribution in [1.82, 2.24) is 4.90 Å². The van der Waals surface area contributed by atoms with Crippen molar-refractivity contribution in [3.8, 4) is 0 Å². The number of hydrogen-bond acceptors (Lipinski definition) is 2. The van der Waals surface area contributed by atoms with Crippen molar-refractivity contribution in [3.63, 3.8) is 0 Å². The number of aryl methyl sites for hydroxylation is 1. The summed E-state index contributed by atoms with van der Waals surface area (Å²) in [5.74, 6) is 1.29. The van der Waals surface area contributed by atoms with E-state index in [1.165, 1.54) is 5.56 Å². The molecule has 90 valence electrons. The zero-order valence-electron chi connectivity index (χ0n) is 10.1. The van der Waals surface area contributed by atoms with Crippen LogP contribution in [0.5, 0.6) is 0 Å². The van der Waals surface area contributed by atoms with Gasteiger partial charge in [-0.25, -0.2) is 0 Å². The van der Waals surface area contributed by atoms with Crippen molar-refractivity contribution < 1.29 is 9.53 Å². The number of fused-ring (bicyclic) bond motifs is 1. The molecule has 1 aromatic carbocycles. The minimum absolute atomic E-state index is 0.166. The fourth-order valence-electron chi connectivity index (χ4n) is 2.73. The van der Waals surface area contributed by atoms with Crippen LogP contribution in [0.1, 0.15) is 15.9 Å². The number of benzene rings is 1. The van der Waals surface area contributed by atoms with E-state index in [1.54, 1.807) is 0 Å². The van der Waals surface area contributed by atoms with Gasteiger partial charge in [0, 0.05) is 30.5 Å². The van der Waals surface area contributed by atoms with E-state index >= 15 is 0 Å². The van der Waals surface area contributed by atoms with E-state index in [0.717, 1.165) is 31.9 Å². The van der Waals surface area contributed by atoms with Crippen LogP contribution < -0.4 is 0 Å². The Morgan fingerprint density at radius 2 is 1.76 bits per heavy atom. The number of amides is 1. The molecule has 0 N–H and O–H groups in total. The van der Waals surface area contributed by atoms with Gasteiger partial charge in [-0.3, -0.25) is 4.79 Å². The van der Waals surface area contributed by atoms with E-state index in [1.807, 2.05) is 36.1 Å². The van der Waals surface area contributed by atoms with Crippen LogP contribution in [0.25, 0.3) is 0 Å². The minimum atomic E-state index is 0.166. The summed E-state index contributed by atoms with van der Waals surface area (Å²) in [4.78, 5) is 14.2. The number of nitrogens with zero attached hydrogens (tertiary/aromatic N) is 1. The Hall–Kier alpha value is -1.35. The molecular formula is C14H17NO2. The number of carbonyl (C=O) groups is 1. The normalized spacial score (nSPS) is 27.2. The molecule has 0 aromatic heterocycles. The van der Waals surface area contributed by atoms with Gasteiger partial charge in [0.25, 0.3) is 5.91 Å². The van der Waals surface area contributed by atoms with Gasteiger partial charge in [0.15, 0.2) is 0 Å². The smallest absolute Gasteiger partial charge is 0.253 e. The molecule has 3 heteroatoms. The van der Waals surface area contributed by atoms with Crippen LogP contribution in [0.3, 0.4) is 0 Å². The summed E-state index contributed by atoms with van der Waals surface area (Å²) in [7, 11) is 0. The van der Waals surface area contributed by atoms with Gasteiger partial charge in [-0.2, -0.15) is 0 Å². The molecule has 1 amide bonds. The molecule has 0 aliphatic carbocycles. The van der Waals surface area contributed by atoms with Crippen LogP contribution in [0.2, 0.25) is 0 Å². The number of ether oxygens (including phenoxy) is 1. The molecule has 2 fully saturated rings. The second-order valence-electron chi connectivity index (χ2n) is 5.13. The van der Waals surface area contributed by atoms with Crippen molar-refractivity contribution in [2.24, 2.45) is 11.8 Å². The third-order valence-corrected chi connectivity index (χ3v) is 3.83. The van der Waals surface area contributed by atoms with Crippen molar-refractivity contribution in [1.29, 1.82) is 0 Å². The molecule has 1 aromatic rings. The Balaban J connectivity index is 1.73. The van der Waals surface area contributed by atoms with Gasteiger partial charge in [-0.15, -0.1) is 0 Å². The average Bonchev–Trinajstić information content (AvgIpc) is 2.89. The zero-order valence-corrected chi connectivity index (χ0v) is 10.1. The minimum Gasteiger partial charge on any atom is -0.381 e. The van der Waals surface area contributed by atoms with E-state index in [2.05, 4.69) is 0 Å². The molecule has 3 nitrogen and oxygen atoms in total. The Kier molecular flexibility index (Phi) is 2.63. The first-order chi connectivity index (χ1) is 8.24. The van der Waals surface area contributed by atoms with Gasteiger partial charge in [0.2, 0.25) is 0 Å². The van der Waals surface area contributed by atoms with Gasteiger partial charge in [-0.05, 0) is 19.1 Å². The maximum absolute atomic E-state index is 12.3. The lowest BCUT2D eigenvalue weighted by molar-refractivity contribution is 0.0751. The van der Waals surface area contributed by atoms with Crippen molar-refractivity contribution in [2.45, 2.75) is 6.92 Å². The lowest BCUT2D eigenvalue weighted by atomic mass is 10.0. The molecule has 0 saturated carbocycles. The van der Waals surface area contributed by atoms with E-state index in [9.17, 15) is 4.79 Å². The van der Waals surface area contributed by atoms with Crippen LogP contribution in [0.15, 0.2) is 24.3 Å². The van der Waals surface area contributed by atoms with Crippen molar-refractivity contribution in [2.75, 3.05) is 26.3 Å². The molecular weight excluding hydrogens is 214 g/mol. The van der Waals surface area contributed by atoms with Gasteiger partial charge in [0.05, 0.1) is 13.2 Å². The third-order valence-electron chi connectivity index (χ3n) is 3.83. The number of likely N-dealkylation sites (tertiary alicyclic amines) is 1. The van der Waals surface area contributed by atoms with Crippen LogP contribution in [-0.2, 0) is 4.74 Å². The average molecular weight is 231 g/mol. The van der Waals surface area contributed by atoms with Gasteiger partial charge < -0.3 is 9.64 Å². The van der Waals surface area contributed by atoms with E-state index in [-0.39, 0.29) is 5.91 Å². The summed E-state index contributed by atoms with van der Waals surface area (Å²) >= 11 is 0. The molecule has 2 atom stereocenters. The Morgan fingerprint density at radius 3 is 2.35 bits per heavy atom. The molecule has 0 bridgehead atoms. The molecule has 2 aliphatic heterocycles. The van der Waals surface area contributed by atoms with E-state index in [4.69, 9.17) is 4.74 Å². The third kappa shape index (κ3) is 1.95. The molecule has 2 saturated heterocycles. The highest BCUT2D eigenvalue weighted by Gasteiger charge is 2.39. The van der Waals surface area contributed by atoms with Gasteiger partial charge >= 0.3 is 0 Å². The van der Waals surface area contributed by atoms with Crippen LogP contribution >= 0.6 is 0 Å². The lowest BCUT2D eigenvalue weighted by Crippen LogP contribution is -2.30. The van der Waals surface area contributed by atoms with Crippen molar-refractivity contribution >= 4 is 5.91 Å². The number of hydrogen-bond donors (Lipinski definition) is 0. The first kappa shape index (κ1) is 10.8. The largest absolute Gasteiger partial charge is 0.381 e. The summed E-state index contributed by atoms with van der Waals surface area (Å²) in [6.07, 6.45) is 0. The molecule has 3 rings (SSSR count). The highest BCUT2D eigenvalue weighted by atomic mass is 16.5. The molecule has 17 heavy (non-hydrogen) atoms. The monoisotopic (exact) mass is 231 g/mol. The lowest BCUT2D eigenvalue weighted by Gasteiger charge is -2.17. The SMILES string of the molecule is Cc1ccc(C(=O)N2C[C@H]3COC[C@@H]3C2)cc1. The molecule has 0 spiro atoms. The van der Waals surface area contributed by atoms with Gasteiger partial charge in [-0.1, -0.05) is 17.7 Å². The quantitative estimate of drug-likeness (QED) is 0.736. The summed E-state index contributed by atoms with van der Waals surface area (Å²) in [6.45, 7) is 5.39. The zero-order chi connectivity index (χ0) is 11.8. The number of carbonyl (C=O) groups excluding carboxylic acids is 1. The fraction of sp³-hybridized carbons (Fsp3) is 0.500. The van der Waals surface area contributed by atoms with Crippen LogP contribution in [0, 0.1) is 18.8 Å². The van der Waals surface area contributed by atoms with E-state index in [0.29, 0.717) is 11.8 Å².